The Hall–Kier alpha value is -2.71. The van der Waals surface area contributed by atoms with Crippen molar-refractivity contribution in [3.05, 3.63) is 54.1 Å². The number of carbonyl (C=O) groups is 2. The third kappa shape index (κ3) is 5.25. The number of carbonyl (C=O) groups excluding carboxylic acids is 2. The summed E-state index contributed by atoms with van der Waals surface area (Å²) in [6.07, 6.45) is 0.144. The van der Waals surface area contributed by atoms with Gasteiger partial charge in [-0.25, -0.2) is 13.1 Å². The lowest BCUT2D eigenvalue weighted by Crippen LogP contribution is -2.28. The first-order valence-corrected chi connectivity index (χ1v) is 11.4. The minimum Gasteiger partial charge on any atom is -0.326 e. The summed E-state index contributed by atoms with van der Waals surface area (Å²) in [5, 5.41) is 2.78. The molecule has 1 unspecified atom stereocenters. The van der Waals surface area contributed by atoms with Crippen LogP contribution in [0.4, 0.5) is 11.4 Å². The van der Waals surface area contributed by atoms with Crippen LogP contribution in [0.15, 0.2) is 53.4 Å². The summed E-state index contributed by atoms with van der Waals surface area (Å²) in [5.41, 5.74) is 2.37. The van der Waals surface area contributed by atoms with Crippen molar-refractivity contribution in [1.82, 2.24) is 4.72 Å². The zero-order valence-corrected chi connectivity index (χ0v) is 18.2. The van der Waals surface area contributed by atoms with Gasteiger partial charge in [-0.3, -0.25) is 9.59 Å². The summed E-state index contributed by atoms with van der Waals surface area (Å²) >= 11 is 0. The summed E-state index contributed by atoms with van der Waals surface area (Å²) in [5.74, 6) is -0.606. The molecule has 2 aromatic rings. The second-order valence-electron chi connectivity index (χ2n) is 8.00. The molecular formula is C22H27N3O4S. The maximum atomic E-state index is 12.6. The Morgan fingerprint density at radius 1 is 1.10 bits per heavy atom. The van der Waals surface area contributed by atoms with Crippen LogP contribution in [0.3, 0.4) is 0 Å². The average molecular weight is 430 g/mol. The minimum atomic E-state index is -3.58. The molecule has 2 aromatic carbocycles. The Morgan fingerprint density at radius 2 is 1.73 bits per heavy atom. The first kappa shape index (κ1) is 22.0. The molecule has 0 bridgehead atoms. The Bertz CT molecular complexity index is 1020. The van der Waals surface area contributed by atoms with Crippen molar-refractivity contribution >= 4 is 33.2 Å². The Labute approximate surface area is 177 Å². The van der Waals surface area contributed by atoms with E-state index in [0.29, 0.717) is 18.8 Å². The number of sulfonamides is 1. The van der Waals surface area contributed by atoms with Crippen LogP contribution in [0.2, 0.25) is 0 Å². The van der Waals surface area contributed by atoms with Gasteiger partial charge in [0.25, 0.3) is 0 Å². The predicted octanol–water partition coefficient (Wildman–Crippen LogP) is 2.92. The van der Waals surface area contributed by atoms with Gasteiger partial charge in [-0.05, 0) is 49.2 Å². The predicted molar refractivity (Wildman–Crippen MR) is 117 cm³/mol. The van der Waals surface area contributed by atoms with E-state index in [1.165, 1.54) is 12.1 Å². The fourth-order valence-corrected chi connectivity index (χ4v) is 4.39. The lowest BCUT2D eigenvalue weighted by atomic mass is 10.1. The lowest BCUT2D eigenvalue weighted by Gasteiger charge is -2.17. The molecular weight excluding hydrogens is 402 g/mol. The fourth-order valence-electron chi connectivity index (χ4n) is 3.18. The molecule has 1 fully saturated rings. The summed E-state index contributed by atoms with van der Waals surface area (Å²) in [6.45, 7) is 6.50. The number of aryl methyl sites for hydroxylation is 1. The van der Waals surface area contributed by atoms with Crippen LogP contribution >= 0.6 is 0 Å². The van der Waals surface area contributed by atoms with Crippen LogP contribution in [0.1, 0.15) is 25.8 Å². The second-order valence-corrected chi connectivity index (χ2v) is 9.77. The van der Waals surface area contributed by atoms with Gasteiger partial charge in [-0.2, -0.15) is 0 Å². The van der Waals surface area contributed by atoms with E-state index in [0.717, 1.165) is 11.3 Å². The molecule has 0 spiro atoms. The molecule has 1 heterocycles. The highest BCUT2D eigenvalue weighted by atomic mass is 32.2. The van der Waals surface area contributed by atoms with Gasteiger partial charge in [-0.1, -0.05) is 31.5 Å². The first-order valence-electron chi connectivity index (χ1n) is 9.93. The van der Waals surface area contributed by atoms with Crippen molar-refractivity contribution in [3.63, 3.8) is 0 Å². The largest absolute Gasteiger partial charge is 0.326 e. The molecule has 30 heavy (non-hydrogen) atoms. The molecule has 7 nitrogen and oxygen atoms in total. The molecule has 1 saturated heterocycles. The third-order valence-electron chi connectivity index (χ3n) is 4.96. The van der Waals surface area contributed by atoms with E-state index in [1.54, 1.807) is 17.0 Å². The topological polar surface area (TPSA) is 95.6 Å². The molecule has 2 amide bonds. The highest BCUT2D eigenvalue weighted by Crippen LogP contribution is 2.26. The van der Waals surface area contributed by atoms with Crippen LogP contribution in [-0.4, -0.2) is 33.3 Å². The molecule has 1 aliphatic heterocycles. The normalized spacial score (nSPS) is 16.9. The molecule has 0 saturated carbocycles. The Morgan fingerprint density at radius 3 is 2.33 bits per heavy atom. The van der Waals surface area contributed by atoms with E-state index in [-0.39, 0.29) is 29.0 Å². The highest BCUT2D eigenvalue weighted by Gasteiger charge is 2.35. The van der Waals surface area contributed by atoms with E-state index in [4.69, 9.17) is 0 Å². The van der Waals surface area contributed by atoms with Gasteiger partial charge in [0.1, 0.15) is 0 Å². The van der Waals surface area contributed by atoms with Gasteiger partial charge in [0.05, 0.1) is 10.8 Å². The number of hydrogen-bond acceptors (Lipinski definition) is 4. The van der Waals surface area contributed by atoms with E-state index in [9.17, 15) is 18.0 Å². The summed E-state index contributed by atoms with van der Waals surface area (Å²) in [7, 11) is -3.58. The van der Waals surface area contributed by atoms with E-state index < -0.39 is 15.9 Å². The van der Waals surface area contributed by atoms with Crippen molar-refractivity contribution in [3.8, 4) is 0 Å². The zero-order chi connectivity index (χ0) is 21.9. The van der Waals surface area contributed by atoms with Gasteiger partial charge < -0.3 is 10.2 Å². The van der Waals surface area contributed by atoms with Gasteiger partial charge in [0.15, 0.2) is 0 Å². The summed E-state index contributed by atoms with van der Waals surface area (Å²) in [4.78, 5) is 26.8. The van der Waals surface area contributed by atoms with Crippen molar-refractivity contribution in [2.24, 2.45) is 11.8 Å². The average Bonchev–Trinajstić information content (AvgIpc) is 3.09. The number of amides is 2. The molecule has 8 heteroatoms. The third-order valence-corrected chi connectivity index (χ3v) is 6.39. The standard InChI is InChI=1S/C22H27N3O4S/c1-15(2)13-23-30(28,29)20-10-6-18(7-11-20)24-22(27)17-12-21(26)25(14-17)19-8-4-16(3)5-9-19/h4-11,15,17,23H,12-14H2,1-3H3,(H,24,27). The number of nitrogens with zero attached hydrogens (tertiary/aromatic N) is 1. The molecule has 3 rings (SSSR count). The minimum absolute atomic E-state index is 0.0864. The fraction of sp³-hybridized carbons (Fsp3) is 0.364. The lowest BCUT2D eigenvalue weighted by molar-refractivity contribution is -0.122. The van der Waals surface area contributed by atoms with Crippen molar-refractivity contribution < 1.29 is 18.0 Å². The van der Waals surface area contributed by atoms with E-state index >= 15 is 0 Å². The van der Waals surface area contributed by atoms with Crippen LogP contribution in [0.5, 0.6) is 0 Å². The Kier molecular flexibility index (Phi) is 6.58. The number of anilines is 2. The highest BCUT2D eigenvalue weighted by molar-refractivity contribution is 7.89. The van der Waals surface area contributed by atoms with Gasteiger partial charge >= 0.3 is 0 Å². The van der Waals surface area contributed by atoms with Crippen LogP contribution in [-0.2, 0) is 19.6 Å². The molecule has 1 atom stereocenters. The maximum Gasteiger partial charge on any atom is 0.240 e. The van der Waals surface area contributed by atoms with Crippen LogP contribution in [0, 0.1) is 18.8 Å². The van der Waals surface area contributed by atoms with Crippen molar-refractivity contribution in [1.29, 1.82) is 0 Å². The smallest absolute Gasteiger partial charge is 0.240 e. The van der Waals surface area contributed by atoms with E-state index in [1.807, 2.05) is 45.0 Å². The molecule has 0 radical (unpaired) electrons. The summed E-state index contributed by atoms with van der Waals surface area (Å²) in [6, 6.07) is 13.6. The molecule has 1 aliphatic rings. The zero-order valence-electron chi connectivity index (χ0n) is 17.4. The number of benzene rings is 2. The van der Waals surface area contributed by atoms with Gasteiger partial charge in [0.2, 0.25) is 21.8 Å². The summed E-state index contributed by atoms with van der Waals surface area (Å²) < 4.78 is 27.1. The van der Waals surface area contributed by atoms with Gasteiger partial charge in [0, 0.05) is 30.9 Å². The van der Waals surface area contributed by atoms with Crippen molar-refractivity contribution in [2.75, 3.05) is 23.3 Å². The Balaban J connectivity index is 1.62. The second kappa shape index (κ2) is 8.97. The monoisotopic (exact) mass is 429 g/mol. The number of hydrogen-bond donors (Lipinski definition) is 2. The van der Waals surface area contributed by atoms with Gasteiger partial charge in [-0.15, -0.1) is 0 Å². The number of nitrogens with one attached hydrogen (secondary N) is 2. The molecule has 2 N–H and O–H groups in total. The van der Waals surface area contributed by atoms with E-state index in [2.05, 4.69) is 10.0 Å². The van der Waals surface area contributed by atoms with Crippen LogP contribution < -0.4 is 14.9 Å². The maximum absolute atomic E-state index is 12.6. The molecule has 0 aliphatic carbocycles. The quantitative estimate of drug-likeness (QED) is 0.707. The molecule has 160 valence electrons. The number of rotatable bonds is 7. The SMILES string of the molecule is Cc1ccc(N2CC(C(=O)Nc3ccc(S(=O)(=O)NCC(C)C)cc3)CC2=O)cc1. The first-order chi connectivity index (χ1) is 14.2. The molecule has 0 aromatic heterocycles. The van der Waals surface area contributed by atoms with Crippen molar-refractivity contribution in [2.45, 2.75) is 32.1 Å². The van der Waals surface area contributed by atoms with Crippen LogP contribution in [0.25, 0.3) is 0 Å².